The molecule has 2 aromatic carbocycles. The van der Waals surface area contributed by atoms with Crippen molar-refractivity contribution in [3.05, 3.63) is 101 Å². The van der Waals surface area contributed by atoms with Crippen molar-refractivity contribution in [2.45, 2.75) is 24.8 Å². The van der Waals surface area contributed by atoms with Gasteiger partial charge >= 0.3 is 0 Å². The van der Waals surface area contributed by atoms with Gasteiger partial charge in [-0.3, -0.25) is 9.00 Å². The van der Waals surface area contributed by atoms with E-state index in [0.717, 1.165) is 11.1 Å². The number of nitrogens with zero attached hydrogens (tertiary/aromatic N) is 5. The predicted octanol–water partition coefficient (Wildman–Crippen LogP) is 4.57. The fraction of sp³-hybridized carbons (Fsp3) is 0.143. The molecular weight excluding hydrogens is 503 g/mol. The highest BCUT2D eigenvalue weighted by atomic mass is 32.2. The van der Waals surface area contributed by atoms with E-state index < -0.39 is 22.5 Å². The number of imidazole rings is 1. The van der Waals surface area contributed by atoms with Crippen LogP contribution in [0.4, 0.5) is 10.1 Å². The molecule has 8 nitrogen and oxygen atoms in total. The van der Waals surface area contributed by atoms with Gasteiger partial charge in [0.2, 0.25) is 0 Å². The summed E-state index contributed by atoms with van der Waals surface area (Å²) in [6.07, 6.45) is 4.84. The van der Waals surface area contributed by atoms with Gasteiger partial charge in [0, 0.05) is 29.8 Å². The molecule has 1 N–H and O–H groups in total. The summed E-state index contributed by atoms with van der Waals surface area (Å²) >= 11 is 0. The normalized spacial score (nSPS) is 11.8. The van der Waals surface area contributed by atoms with Crippen LogP contribution < -0.4 is 5.32 Å². The van der Waals surface area contributed by atoms with Crippen LogP contribution in [-0.4, -0.2) is 40.8 Å². The Hall–Kier alpha value is -4.62. The molecule has 0 fully saturated rings. The lowest BCUT2D eigenvalue weighted by Crippen LogP contribution is -2.13. The Morgan fingerprint density at radius 3 is 2.61 bits per heavy atom. The lowest BCUT2D eigenvalue weighted by Gasteiger charge is -2.11. The number of anilines is 1. The van der Waals surface area contributed by atoms with Crippen LogP contribution in [0.25, 0.3) is 11.3 Å². The standard InChI is InChI=1S/C28H23FN6O2S/c1-18(2)24-13-9-21(15-19(24)6-10-23-17-30-26-5-4-14-31-34(23)26)32-28(36)25-16-27(38(3)37)35(33-25)22-11-7-20(29)8-12-22/h4-5,7-9,11-18H,1-3H3,(H,32,36). The fourth-order valence-corrected chi connectivity index (χ4v) is 4.60. The largest absolute Gasteiger partial charge is 0.321 e. The van der Waals surface area contributed by atoms with Gasteiger partial charge in [-0.1, -0.05) is 25.8 Å². The van der Waals surface area contributed by atoms with Crippen molar-refractivity contribution >= 4 is 28.0 Å². The van der Waals surface area contributed by atoms with E-state index in [1.165, 1.54) is 41.3 Å². The number of rotatable bonds is 5. The monoisotopic (exact) mass is 526 g/mol. The number of fused-ring (bicyclic) bond motifs is 1. The van der Waals surface area contributed by atoms with Crippen LogP contribution in [0.3, 0.4) is 0 Å². The quantitative estimate of drug-likeness (QED) is 0.339. The van der Waals surface area contributed by atoms with Crippen LogP contribution in [0, 0.1) is 17.7 Å². The summed E-state index contributed by atoms with van der Waals surface area (Å²) in [6.45, 7) is 4.14. The van der Waals surface area contributed by atoms with Gasteiger partial charge in [0.1, 0.15) is 16.5 Å². The average molecular weight is 527 g/mol. The first kappa shape index (κ1) is 25.0. The highest BCUT2D eigenvalue weighted by Crippen LogP contribution is 2.24. The minimum absolute atomic E-state index is 0.0805. The maximum Gasteiger partial charge on any atom is 0.276 e. The molecular formula is C28H23FN6O2S. The fourth-order valence-electron chi connectivity index (χ4n) is 3.93. The summed E-state index contributed by atoms with van der Waals surface area (Å²) in [5, 5.41) is 11.8. The smallest absolute Gasteiger partial charge is 0.276 e. The molecule has 10 heteroatoms. The number of aromatic nitrogens is 5. The summed E-state index contributed by atoms with van der Waals surface area (Å²) in [4.78, 5) is 17.4. The van der Waals surface area contributed by atoms with Crippen molar-refractivity contribution in [3.63, 3.8) is 0 Å². The van der Waals surface area contributed by atoms with Gasteiger partial charge in [-0.2, -0.15) is 10.2 Å². The maximum atomic E-state index is 13.4. The molecule has 1 amide bonds. The Bertz CT molecular complexity index is 1740. The second-order valence-corrected chi connectivity index (χ2v) is 10.1. The zero-order valence-electron chi connectivity index (χ0n) is 20.8. The second kappa shape index (κ2) is 10.4. The average Bonchev–Trinajstić information content (AvgIpc) is 3.53. The van der Waals surface area contributed by atoms with Crippen molar-refractivity contribution in [1.82, 2.24) is 24.4 Å². The van der Waals surface area contributed by atoms with Crippen LogP contribution in [0.1, 0.15) is 47.1 Å². The number of benzene rings is 2. The molecule has 0 aliphatic rings. The van der Waals surface area contributed by atoms with Crippen molar-refractivity contribution in [1.29, 1.82) is 0 Å². The van der Waals surface area contributed by atoms with Gasteiger partial charge in [-0.25, -0.2) is 18.6 Å². The van der Waals surface area contributed by atoms with E-state index in [0.29, 0.717) is 27.7 Å². The van der Waals surface area contributed by atoms with E-state index in [1.54, 1.807) is 16.9 Å². The van der Waals surface area contributed by atoms with Gasteiger partial charge in [0.05, 0.1) is 22.7 Å². The van der Waals surface area contributed by atoms with Crippen LogP contribution in [0.5, 0.6) is 0 Å². The van der Waals surface area contributed by atoms with Gasteiger partial charge < -0.3 is 5.32 Å². The van der Waals surface area contributed by atoms with Crippen molar-refractivity contribution < 1.29 is 13.4 Å². The molecule has 3 aromatic heterocycles. The molecule has 5 rings (SSSR count). The predicted molar refractivity (Wildman–Crippen MR) is 143 cm³/mol. The van der Waals surface area contributed by atoms with Gasteiger partial charge in [0.15, 0.2) is 11.3 Å². The zero-order chi connectivity index (χ0) is 26.8. The first-order valence-electron chi connectivity index (χ1n) is 11.8. The number of nitrogens with one attached hydrogen (secondary N) is 1. The molecule has 0 aliphatic carbocycles. The van der Waals surface area contributed by atoms with E-state index in [9.17, 15) is 13.4 Å². The molecule has 1 atom stereocenters. The molecule has 3 heterocycles. The summed E-state index contributed by atoms with van der Waals surface area (Å²) in [6, 6.07) is 16.3. The summed E-state index contributed by atoms with van der Waals surface area (Å²) in [5.41, 5.74) is 4.26. The molecule has 0 radical (unpaired) electrons. The first-order chi connectivity index (χ1) is 18.3. The summed E-state index contributed by atoms with van der Waals surface area (Å²) in [5.74, 6) is 5.67. The second-order valence-electron chi connectivity index (χ2n) is 8.81. The third kappa shape index (κ3) is 5.10. The van der Waals surface area contributed by atoms with Gasteiger partial charge in [-0.15, -0.1) is 0 Å². The summed E-state index contributed by atoms with van der Waals surface area (Å²) in [7, 11) is -1.43. The van der Waals surface area contributed by atoms with Crippen LogP contribution in [0.15, 0.2) is 78.1 Å². The zero-order valence-corrected chi connectivity index (χ0v) is 21.7. The molecule has 0 saturated carbocycles. The van der Waals surface area contributed by atoms with E-state index in [2.05, 4.69) is 46.2 Å². The Morgan fingerprint density at radius 1 is 1.08 bits per heavy atom. The maximum absolute atomic E-state index is 13.4. The van der Waals surface area contributed by atoms with Crippen molar-refractivity contribution in [2.75, 3.05) is 11.6 Å². The molecule has 1 unspecified atom stereocenters. The Kier molecular flexibility index (Phi) is 6.85. The Balaban J connectivity index is 1.45. The van der Waals surface area contributed by atoms with Crippen molar-refractivity contribution in [3.8, 4) is 17.5 Å². The molecule has 190 valence electrons. The number of amides is 1. The Labute approximate surface area is 221 Å². The highest BCUT2D eigenvalue weighted by molar-refractivity contribution is 7.84. The molecule has 38 heavy (non-hydrogen) atoms. The van der Waals surface area contributed by atoms with Crippen molar-refractivity contribution in [2.24, 2.45) is 0 Å². The SMILES string of the molecule is CC(C)c1ccc(NC(=O)c2cc(S(C)=O)n(-c3ccc(F)cc3)n2)cc1C#Cc1cnc2cccnn12. The summed E-state index contributed by atoms with van der Waals surface area (Å²) < 4.78 is 28.7. The van der Waals surface area contributed by atoms with Gasteiger partial charge in [-0.05, 0) is 65.9 Å². The minimum atomic E-state index is -1.43. The molecule has 0 bridgehead atoms. The topological polar surface area (TPSA) is 94.2 Å². The number of hydrogen-bond donors (Lipinski definition) is 1. The van der Waals surface area contributed by atoms with Crippen LogP contribution in [-0.2, 0) is 10.8 Å². The number of halogens is 1. The van der Waals surface area contributed by atoms with E-state index >= 15 is 0 Å². The van der Waals surface area contributed by atoms with Crippen LogP contribution in [0.2, 0.25) is 0 Å². The van der Waals surface area contributed by atoms with E-state index in [-0.39, 0.29) is 11.6 Å². The highest BCUT2D eigenvalue weighted by Gasteiger charge is 2.18. The molecule has 5 aromatic rings. The molecule has 0 saturated heterocycles. The van der Waals surface area contributed by atoms with E-state index in [1.807, 2.05) is 30.3 Å². The number of carbonyl (C=O) groups is 1. The number of hydrogen-bond acceptors (Lipinski definition) is 5. The molecule has 0 spiro atoms. The lowest BCUT2D eigenvalue weighted by molar-refractivity contribution is 0.102. The lowest BCUT2D eigenvalue weighted by atomic mass is 9.96. The first-order valence-corrected chi connectivity index (χ1v) is 13.3. The minimum Gasteiger partial charge on any atom is -0.321 e. The third-order valence-electron chi connectivity index (χ3n) is 5.81. The van der Waals surface area contributed by atoms with E-state index in [4.69, 9.17) is 0 Å². The Morgan fingerprint density at radius 2 is 1.87 bits per heavy atom. The molecule has 0 aliphatic heterocycles. The number of carbonyl (C=O) groups excluding carboxylic acids is 1. The van der Waals surface area contributed by atoms with Crippen LogP contribution >= 0.6 is 0 Å². The third-order valence-corrected chi connectivity index (χ3v) is 6.69. The van der Waals surface area contributed by atoms with Gasteiger partial charge in [0.25, 0.3) is 5.91 Å².